The van der Waals surface area contributed by atoms with E-state index in [9.17, 15) is 35.9 Å². The third-order valence-corrected chi connectivity index (χ3v) is 6.11. The highest BCUT2D eigenvalue weighted by Crippen LogP contribution is 2.46. The smallest absolute Gasteiger partial charge is 0.444 e. The molecule has 8 nitrogen and oxygen atoms in total. The van der Waals surface area contributed by atoms with Crippen molar-refractivity contribution in [1.82, 2.24) is 25.2 Å². The van der Waals surface area contributed by atoms with Crippen LogP contribution in [0, 0.1) is 5.92 Å². The Labute approximate surface area is 207 Å². The van der Waals surface area contributed by atoms with Crippen LogP contribution in [0.3, 0.4) is 0 Å². The summed E-state index contributed by atoms with van der Waals surface area (Å²) < 4.78 is 84.4. The lowest BCUT2D eigenvalue weighted by atomic mass is 9.82. The Balaban J connectivity index is 1.54. The molecule has 2 bridgehead atoms. The van der Waals surface area contributed by atoms with Gasteiger partial charge in [-0.1, -0.05) is 0 Å². The second kappa shape index (κ2) is 9.14. The molecule has 0 spiro atoms. The topological polar surface area (TPSA) is 97.3 Å². The predicted molar refractivity (Wildman–Crippen MR) is 115 cm³/mol. The number of rotatable bonds is 4. The van der Waals surface area contributed by atoms with E-state index in [1.165, 1.54) is 4.90 Å². The molecular formula is C23H23F6N5O3. The number of fused-ring (bicyclic) bond motifs is 1. The number of ether oxygens (including phenoxy) is 1. The zero-order valence-corrected chi connectivity index (χ0v) is 19.9. The third-order valence-electron chi connectivity index (χ3n) is 6.11. The van der Waals surface area contributed by atoms with Crippen molar-refractivity contribution in [3.8, 4) is 11.3 Å². The number of carbonyl (C=O) groups excluding carboxylic acids is 2. The maximum absolute atomic E-state index is 13.6. The van der Waals surface area contributed by atoms with Crippen molar-refractivity contribution in [2.45, 2.75) is 70.2 Å². The SMILES string of the molecule is CC(C)(C)OC(=O)N1C2CC(C2)C1C(=O)NCc1cc(-c2cnc(C(F)(F)F)nc2)ncc1C(F)(F)F. The quantitative estimate of drug-likeness (QED) is 0.580. The second-order valence-electron chi connectivity index (χ2n) is 9.95. The summed E-state index contributed by atoms with van der Waals surface area (Å²) in [6, 6.07) is -0.0396. The maximum atomic E-state index is 13.6. The molecule has 2 aromatic heterocycles. The fraction of sp³-hybridized carbons (Fsp3) is 0.522. The molecule has 1 aliphatic carbocycles. The van der Waals surface area contributed by atoms with E-state index in [0.29, 0.717) is 19.0 Å². The summed E-state index contributed by atoms with van der Waals surface area (Å²) in [7, 11) is 0. The van der Waals surface area contributed by atoms with E-state index in [0.717, 1.165) is 18.5 Å². The average Bonchev–Trinajstić information content (AvgIpc) is 3.31. The van der Waals surface area contributed by atoms with Gasteiger partial charge >= 0.3 is 18.4 Å². The lowest BCUT2D eigenvalue weighted by Crippen LogP contribution is -2.48. The normalized spacial score (nSPS) is 21.4. The van der Waals surface area contributed by atoms with Gasteiger partial charge in [-0.2, -0.15) is 26.3 Å². The van der Waals surface area contributed by atoms with Crippen molar-refractivity contribution in [2.75, 3.05) is 0 Å². The summed E-state index contributed by atoms with van der Waals surface area (Å²) in [5.41, 5.74) is -2.42. The number of amides is 2. The first-order valence-electron chi connectivity index (χ1n) is 11.3. The molecule has 0 radical (unpaired) electrons. The molecule has 2 amide bonds. The summed E-state index contributed by atoms with van der Waals surface area (Å²) in [5.74, 6) is -2.16. The second-order valence-corrected chi connectivity index (χ2v) is 9.95. The lowest BCUT2D eigenvalue weighted by Gasteiger charge is -2.29. The van der Waals surface area contributed by atoms with Crippen LogP contribution in [0.4, 0.5) is 31.1 Å². The van der Waals surface area contributed by atoms with Gasteiger partial charge in [0.1, 0.15) is 11.6 Å². The van der Waals surface area contributed by atoms with Gasteiger partial charge in [0.15, 0.2) is 0 Å². The Hall–Kier alpha value is -3.45. The van der Waals surface area contributed by atoms with Crippen LogP contribution in [0.5, 0.6) is 0 Å². The summed E-state index contributed by atoms with van der Waals surface area (Å²) in [6.07, 6.45) is -6.92. The molecule has 1 unspecified atom stereocenters. The van der Waals surface area contributed by atoms with Crippen molar-refractivity contribution in [2.24, 2.45) is 5.92 Å². The average molecular weight is 531 g/mol. The van der Waals surface area contributed by atoms with Crippen LogP contribution in [-0.4, -0.2) is 49.5 Å². The van der Waals surface area contributed by atoms with Crippen LogP contribution in [0.25, 0.3) is 11.3 Å². The number of pyridine rings is 1. The number of carbonyl (C=O) groups is 2. The molecule has 4 heterocycles. The monoisotopic (exact) mass is 531 g/mol. The summed E-state index contributed by atoms with van der Waals surface area (Å²) in [4.78, 5) is 37.1. The summed E-state index contributed by atoms with van der Waals surface area (Å²) >= 11 is 0. The van der Waals surface area contributed by atoms with Gasteiger partial charge in [0.25, 0.3) is 0 Å². The van der Waals surface area contributed by atoms with Crippen LogP contribution in [0.2, 0.25) is 0 Å². The molecule has 37 heavy (non-hydrogen) atoms. The molecule has 2 aromatic rings. The van der Waals surface area contributed by atoms with E-state index in [2.05, 4.69) is 20.3 Å². The van der Waals surface area contributed by atoms with E-state index in [1.807, 2.05) is 0 Å². The minimum absolute atomic E-state index is 0.0398. The number of nitrogens with one attached hydrogen (secondary N) is 1. The molecule has 2 aliphatic heterocycles. The highest BCUT2D eigenvalue weighted by molar-refractivity contribution is 5.87. The zero-order valence-electron chi connectivity index (χ0n) is 19.9. The molecule has 1 atom stereocenters. The van der Waals surface area contributed by atoms with Crippen LogP contribution >= 0.6 is 0 Å². The number of hydrogen-bond donors (Lipinski definition) is 1. The van der Waals surface area contributed by atoms with Crippen molar-refractivity contribution < 1.29 is 40.7 Å². The summed E-state index contributed by atoms with van der Waals surface area (Å²) in [6.45, 7) is 4.49. The fourth-order valence-electron chi connectivity index (χ4n) is 4.44. The Morgan fingerprint density at radius 2 is 1.62 bits per heavy atom. The fourth-order valence-corrected chi connectivity index (χ4v) is 4.44. The first-order valence-corrected chi connectivity index (χ1v) is 11.3. The number of alkyl halides is 6. The van der Waals surface area contributed by atoms with Crippen molar-refractivity contribution in [1.29, 1.82) is 0 Å². The molecule has 1 saturated carbocycles. The number of hydrogen-bond acceptors (Lipinski definition) is 6. The molecule has 3 aliphatic rings. The predicted octanol–water partition coefficient (Wildman–Crippen LogP) is 4.59. The molecule has 14 heteroatoms. The van der Waals surface area contributed by atoms with Gasteiger partial charge in [-0.15, -0.1) is 0 Å². The van der Waals surface area contributed by atoms with Gasteiger partial charge in [-0.25, -0.2) is 14.8 Å². The van der Waals surface area contributed by atoms with Crippen molar-refractivity contribution in [3.63, 3.8) is 0 Å². The van der Waals surface area contributed by atoms with Gasteiger partial charge < -0.3 is 10.1 Å². The minimum Gasteiger partial charge on any atom is -0.444 e. The molecule has 5 rings (SSSR count). The van der Waals surface area contributed by atoms with E-state index in [1.54, 1.807) is 20.8 Å². The minimum atomic E-state index is -4.81. The Morgan fingerprint density at radius 1 is 1.00 bits per heavy atom. The largest absolute Gasteiger partial charge is 0.451 e. The number of aromatic nitrogens is 3. The molecule has 200 valence electrons. The van der Waals surface area contributed by atoms with Gasteiger partial charge in [-0.3, -0.25) is 14.7 Å². The van der Waals surface area contributed by atoms with Crippen molar-refractivity contribution in [3.05, 3.63) is 41.6 Å². The van der Waals surface area contributed by atoms with Gasteiger partial charge in [0.2, 0.25) is 11.7 Å². The highest BCUT2D eigenvalue weighted by Gasteiger charge is 2.56. The molecule has 0 aromatic carbocycles. The van der Waals surface area contributed by atoms with E-state index >= 15 is 0 Å². The molecule has 1 N–H and O–H groups in total. The molecule has 3 fully saturated rings. The van der Waals surface area contributed by atoms with Crippen LogP contribution < -0.4 is 5.32 Å². The standard InChI is InChI=1S/C23H23F6N5O3/c1-21(2,3)37-20(36)34-14-4-11(5-14)17(34)18(35)31-7-12-6-16(30-10-15(12)22(24,25)26)13-8-32-19(33-9-13)23(27,28)29/h6,8-11,14,17H,4-5,7H2,1-3H3,(H,31,35). The Morgan fingerprint density at radius 3 is 2.16 bits per heavy atom. The first-order chi connectivity index (χ1) is 17.0. The highest BCUT2D eigenvalue weighted by atomic mass is 19.4. The van der Waals surface area contributed by atoms with Gasteiger partial charge in [0.05, 0.1) is 11.3 Å². The maximum Gasteiger partial charge on any atom is 0.451 e. The van der Waals surface area contributed by atoms with E-state index < -0.39 is 53.9 Å². The van der Waals surface area contributed by atoms with Crippen LogP contribution in [0.15, 0.2) is 24.7 Å². The first kappa shape index (κ1) is 26.6. The third kappa shape index (κ3) is 5.62. The van der Waals surface area contributed by atoms with E-state index in [4.69, 9.17) is 4.74 Å². The van der Waals surface area contributed by atoms with Gasteiger partial charge in [-0.05, 0) is 51.2 Å². The lowest BCUT2D eigenvalue weighted by molar-refractivity contribution is -0.145. The summed E-state index contributed by atoms with van der Waals surface area (Å²) in [5, 5.41) is 2.47. The Kier molecular flexibility index (Phi) is 6.57. The number of halogens is 6. The van der Waals surface area contributed by atoms with Crippen molar-refractivity contribution >= 4 is 12.0 Å². The molecular weight excluding hydrogens is 508 g/mol. The van der Waals surface area contributed by atoms with E-state index in [-0.39, 0.29) is 28.8 Å². The Bertz CT molecular complexity index is 1190. The number of nitrogens with zero attached hydrogens (tertiary/aromatic N) is 4. The molecule has 2 saturated heterocycles. The van der Waals surface area contributed by atoms with Crippen LogP contribution in [-0.2, 0) is 28.4 Å². The van der Waals surface area contributed by atoms with Crippen LogP contribution in [0.1, 0.15) is 50.6 Å². The van der Waals surface area contributed by atoms with Gasteiger partial charge in [0, 0.05) is 36.7 Å². The zero-order chi connectivity index (χ0) is 27.3.